The van der Waals surface area contributed by atoms with E-state index in [9.17, 15) is 18.0 Å². The first-order valence-electron chi connectivity index (χ1n) is 13.3. The van der Waals surface area contributed by atoms with Gasteiger partial charge in [-0.2, -0.15) is 0 Å². The number of carbonyl (C=O) groups is 2. The molecular formula is C30H36ClN3O5S. The third kappa shape index (κ3) is 7.99. The third-order valence-corrected chi connectivity index (χ3v) is 8.34. The summed E-state index contributed by atoms with van der Waals surface area (Å²) < 4.78 is 34.7. The van der Waals surface area contributed by atoms with Crippen molar-refractivity contribution in [2.75, 3.05) is 30.5 Å². The van der Waals surface area contributed by atoms with Gasteiger partial charge in [-0.05, 0) is 68.7 Å². The van der Waals surface area contributed by atoms with Gasteiger partial charge in [-0.15, -0.1) is 0 Å². The van der Waals surface area contributed by atoms with Crippen LogP contribution in [0.25, 0.3) is 0 Å². The predicted molar refractivity (Wildman–Crippen MR) is 158 cm³/mol. The van der Waals surface area contributed by atoms with E-state index in [1.54, 1.807) is 38.1 Å². The van der Waals surface area contributed by atoms with Crippen molar-refractivity contribution in [1.82, 2.24) is 10.2 Å². The number of nitrogens with zero attached hydrogens (tertiary/aromatic N) is 2. The fraction of sp³-hybridized carbons (Fsp3) is 0.333. The van der Waals surface area contributed by atoms with Crippen LogP contribution in [-0.4, -0.2) is 57.4 Å². The molecule has 3 aromatic rings. The largest absolute Gasteiger partial charge is 0.492 e. The molecule has 0 saturated heterocycles. The first-order valence-corrected chi connectivity index (χ1v) is 15.1. The molecule has 0 unspecified atom stereocenters. The summed E-state index contributed by atoms with van der Waals surface area (Å²) in [6.45, 7) is 5.86. The van der Waals surface area contributed by atoms with E-state index in [2.05, 4.69) is 5.32 Å². The second-order valence-electron chi connectivity index (χ2n) is 9.16. The van der Waals surface area contributed by atoms with Crippen molar-refractivity contribution in [3.05, 3.63) is 89.4 Å². The van der Waals surface area contributed by atoms with Gasteiger partial charge in [-0.25, -0.2) is 8.42 Å². The minimum atomic E-state index is -4.22. The molecule has 0 spiro atoms. The summed E-state index contributed by atoms with van der Waals surface area (Å²) in [5.41, 5.74) is 1.22. The second kappa shape index (κ2) is 14.7. The van der Waals surface area contributed by atoms with Crippen LogP contribution in [0.15, 0.2) is 83.8 Å². The van der Waals surface area contributed by atoms with Crippen LogP contribution in [0.4, 0.5) is 5.69 Å². The Morgan fingerprint density at radius 3 is 2.25 bits per heavy atom. The van der Waals surface area contributed by atoms with E-state index in [1.807, 2.05) is 37.3 Å². The Labute approximate surface area is 241 Å². The van der Waals surface area contributed by atoms with Gasteiger partial charge in [0.2, 0.25) is 11.8 Å². The monoisotopic (exact) mass is 585 g/mol. The Morgan fingerprint density at radius 1 is 0.950 bits per heavy atom. The summed E-state index contributed by atoms with van der Waals surface area (Å²) in [5.74, 6) is -0.496. The molecular weight excluding hydrogens is 550 g/mol. The van der Waals surface area contributed by atoms with Crippen molar-refractivity contribution in [2.24, 2.45) is 0 Å². The Morgan fingerprint density at radius 2 is 1.60 bits per heavy atom. The number of carbonyl (C=O) groups excluding carboxylic acids is 2. The number of benzene rings is 3. The zero-order valence-corrected chi connectivity index (χ0v) is 24.6. The van der Waals surface area contributed by atoms with E-state index in [0.29, 0.717) is 30.3 Å². The summed E-state index contributed by atoms with van der Waals surface area (Å²) in [6.07, 6.45) is 1.25. The van der Waals surface area contributed by atoms with Crippen molar-refractivity contribution >= 4 is 39.1 Å². The molecule has 1 N–H and O–H groups in total. The van der Waals surface area contributed by atoms with Gasteiger partial charge in [0.15, 0.2) is 0 Å². The number of nitrogens with one attached hydrogen (secondary N) is 1. The number of rotatable bonds is 14. The normalized spacial score (nSPS) is 11.9. The highest BCUT2D eigenvalue weighted by Crippen LogP contribution is 2.33. The van der Waals surface area contributed by atoms with Crippen molar-refractivity contribution in [2.45, 2.75) is 44.6 Å². The summed E-state index contributed by atoms with van der Waals surface area (Å²) in [4.78, 5) is 28.3. The van der Waals surface area contributed by atoms with E-state index in [0.717, 1.165) is 16.3 Å². The molecule has 0 saturated carbocycles. The Bertz CT molecular complexity index is 1370. The number of hydrogen-bond acceptors (Lipinski definition) is 5. The third-order valence-electron chi connectivity index (χ3n) is 6.32. The first-order chi connectivity index (χ1) is 19.2. The highest BCUT2D eigenvalue weighted by Gasteiger charge is 2.33. The molecule has 0 radical (unpaired) electrons. The van der Waals surface area contributed by atoms with Gasteiger partial charge in [0.25, 0.3) is 10.0 Å². The van der Waals surface area contributed by atoms with Gasteiger partial charge in [-0.3, -0.25) is 13.9 Å². The Balaban J connectivity index is 2.02. The number of para-hydroxylation sites is 2. The van der Waals surface area contributed by atoms with Gasteiger partial charge in [-0.1, -0.05) is 61.0 Å². The summed E-state index contributed by atoms with van der Waals surface area (Å²) in [7, 11) is -4.22. The molecule has 3 rings (SSSR count). The van der Waals surface area contributed by atoms with Crippen LogP contribution < -0.4 is 14.4 Å². The van der Waals surface area contributed by atoms with Crippen molar-refractivity contribution < 1.29 is 22.7 Å². The molecule has 1 atom stereocenters. The Hall–Kier alpha value is -3.56. The molecule has 2 amide bonds. The SMILES string of the molecule is CCCNC(=O)[C@@H](C)N(CCc1ccccc1)C(=O)CN(c1ccccc1OCC)S(=O)(=O)c1ccc(Cl)cc1. The average molecular weight is 586 g/mol. The average Bonchev–Trinajstić information content (AvgIpc) is 2.96. The predicted octanol–water partition coefficient (Wildman–Crippen LogP) is 4.92. The zero-order chi connectivity index (χ0) is 29.1. The number of ether oxygens (including phenoxy) is 1. The summed E-state index contributed by atoms with van der Waals surface area (Å²) >= 11 is 6.01. The number of halogens is 1. The smallest absolute Gasteiger partial charge is 0.264 e. The van der Waals surface area contributed by atoms with E-state index in [-0.39, 0.29) is 23.0 Å². The maximum atomic E-state index is 14.0. The lowest BCUT2D eigenvalue weighted by Crippen LogP contribution is -2.52. The number of anilines is 1. The van der Waals surface area contributed by atoms with E-state index in [4.69, 9.17) is 16.3 Å². The lowest BCUT2D eigenvalue weighted by molar-refractivity contribution is -0.138. The number of hydrogen-bond donors (Lipinski definition) is 1. The summed E-state index contributed by atoms with van der Waals surface area (Å²) in [5, 5.41) is 3.23. The Kier molecular flexibility index (Phi) is 11.4. The standard InChI is InChI=1S/C30H36ClN3O5S/c1-4-20-32-30(36)23(3)33(21-19-24-11-7-6-8-12-24)29(35)22-34(27-13-9-10-14-28(27)39-5-2)40(37,38)26-17-15-25(31)16-18-26/h6-18,23H,4-5,19-22H2,1-3H3,(H,32,36)/t23-/m1/s1. The fourth-order valence-corrected chi connectivity index (χ4v) is 5.70. The van der Waals surface area contributed by atoms with Crippen LogP contribution >= 0.6 is 11.6 Å². The first kappa shape index (κ1) is 31.0. The van der Waals surface area contributed by atoms with Gasteiger partial charge in [0.1, 0.15) is 18.3 Å². The molecule has 3 aromatic carbocycles. The van der Waals surface area contributed by atoms with Crippen LogP contribution in [0.1, 0.15) is 32.8 Å². The second-order valence-corrected chi connectivity index (χ2v) is 11.5. The number of amides is 2. The molecule has 214 valence electrons. The van der Waals surface area contributed by atoms with Crippen LogP contribution in [-0.2, 0) is 26.0 Å². The molecule has 8 nitrogen and oxygen atoms in total. The number of sulfonamides is 1. The topological polar surface area (TPSA) is 96.0 Å². The van der Waals surface area contributed by atoms with Crippen molar-refractivity contribution in [1.29, 1.82) is 0 Å². The van der Waals surface area contributed by atoms with E-state index < -0.39 is 28.5 Å². The summed E-state index contributed by atoms with van der Waals surface area (Å²) in [6, 6.07) is 21.2. The maximum Gasteiger partial charge on any atom is 0.264 e. The molecule has 0 fully saturated rings. The molecule has 0 aromatic heterocycles. The van der Waals surface area contributed by atoms with Crippen LogP contribution in [0, 0.1) is 0 Å². The molecule has 40 heavy (non-hydrogen) atoms. The maximum absolute atomic E-state index is 14.0. The molecule has 0 heterocycles. The minimum absolute atomic E-state index is 0.0272. The van der Waals surface area contributed by atoms with E-state index >= 15 is 0 Å². The zero-order valence-electron chi connectivity index (χ0n) is 23.0. The van der Waals surface area contributed by atoms with Crippen LogP contribution in [0.5, 0.6) is 5.75 Å². The molecule has 0 aliphatic carbocycles. The highest BCUT2D eigenvalue weighted by molar-refractivity contribution is 7.92. The van der Waals surface area contributed by atoms with Crippen molar-refractivity contribution in [3.8, 4) is 5.75 Å². The lowest BCUT2D eigenvalue weighted by atomic mass is 10.1. The fourth-order valence-electron chi connectivity index (χ4n) is 4.15. The molecule has 10 heteroatoms. The minimum Gasteiger partial charge on any atom is -0.492 e. The van der Waals surface area contributed by atoms with E-state index in [1.165, 1.54) is 29.2 Å². The van der Waals surface area contributed by atoms with Crippen LogP contribution in [0.2, 0.25) is 5.02 Å². The van der Waals surface area contributed by atoms with Crippen LogP contribution in [0.3, 0.4) is 0 Å². The quantitative estimate of drug-likeness (QED) is 0.290. The van der Waals surface area contributed by atoms with Gasteiger partial charge >= 0.3 is 0 Å². The molecule has 0 aliphatic rings. The van der Waals surface area contributed by atoms with Gasteiger partial charge in [0.05, 0.1) is 17.2 Å². The van der Waals surface area contributed by atoms with Gasteiger partial charge < -0.3 is 15.0 Å². The molecule has 0 bridgehead atoms. The molecule has 0 aliphatic heterocycles. The highest BCUT2D eigenvalue weighted by atomic mass is 35.5. The van der Waals surface area contributed by atoms with Gasteiger partial charge in [0, 0.05) is 18.1 Å². The lowest BCUT2D eigenvalue weighted by Gasteiger charge is -2.32. The van der Waals surface area contributed by atoms with Crippen molar-refractivity contribution in [3.63, 3.8) is 0 Å².